The fourth-order valence-electron chi connectivity index (χ4n) is 20.4. The Hall–Kier alpha value is -18.6. The molecule has 0 aliphatic carbocycles. The van der Waals surface area contributed by atoms with Crippen molar-refractivity contribution in [3.8, 4) is 115 Å². The molecule has 0 atom stereocenters. The number of hydrogen-bond donors (Lipinski definition) is 0. The number of aryl methyl sites for hydroxylation is 3. The van der Waals surface area contributed by atoms with Gasteiger partial charge in [0.05, 0.1) is 80.4 Å². The van der Waals surface area contributed by atoms with Crippen molar-refractivity contribution in [2.24, 2.45) is 0 Å². The lowest BCUT2D eigenvalue weighted by atomic mass is 10.1. The molecule has 0 N–H and O–H groups in total. The zero-order chi connectivity index (χ0) is 95.0. The maximum absolute atomic E-state index is 5.42. The molecule has 0 saturated carbocycles. The van der Waals surface area contributed by atoms with Crippen molar-refractivity contribution in [1.29, 1.82) is 0 Å². The van der Waals surface area contributed by atoms with Crippen molar-refractivity contribution in [1.82, 2.24) is 72.3 Å². The lowest BCUT2D eigenvalue weighted by Gasteiger charge is -2.11. The first-order valence-electron chi connectivity index (χ1n) is 48.1. The summed E-state index contributed by atoms with van der Waals surface area (Å²) in [5.74, 6) is 7.01. The van der Waals surface area contributed by atoms with E-state index in [0.717, 1.165) is 163 Å². The van der Waals surface area contributed by atoms with E-state index < -0.39 is 0 Å². The number of fused-ring (bicyclic) bond motifs is 18. The van der Waals surface area contributed by atoms with E-state index in [-0.39, 0.29) is 0 Å². The first kappa shape index (κ1) is 85.1. The molecular formula is C125H91N15O2. The van der Waals surface area contributed by atoms with Crippen molar-refractivity contribution in [3.05, 3.63) is 441 Å². The summed E-state index contributed by atoms with van der Waals surface area (Å²) < 4.78 is 24.5. The number of nitrogens with zero attached hydrogens (tertiary/aromatic N) is 15. The summed E-state index contributed by atoms with van der Waals surface area (Å²) in [5.41, 5.74) is 26.1. The highest BCUT2D eigenvalue weighted by molar-refractivity contribution is 6.22. The van der Waals surface area contributed by atoms with Crippen LogP contribution in [0.25, 0.3) is 234 Å². The minimum absolute atomic E-state index is 0.541. The molecular weight excluding hydrogens is 1740 g/mol. The number of hydrogen-bond acceptors (Lipinski definition) is 11. The minimum atomic E-state index is 0.541. The fraction of sp³-hybridized carbons (Fsp3) is 0.0640. The highest BCUT2D eigenvalue weighted by Crippen LogP contribution is 2.46. The number of ether oxygens (including phenoxy) is 2. The Morgan fingerprint density at radius 1 is 0.169 bits per heavy atom. The molecule has 0 aliphatic rings. The molecule has 0 amide bonds. The van der Waals surface area contributed by atoms with Gasteiger partial charge in [-0.05, 0) is 194 Å². The Balaban J connectivity index is 0.000000112. The van der Waals surface area contributed by atoms with Crippen LogP contribution in [0.15, 0.2) is 425 Å². The third kappa shape index (κ3) is 14.9. The highest BCUT2D eigenvalue weighted by atomic mass is 16.5. The molecule has 0 radical (unpaired) electrons. The molecule has 0 unspecified atom stereocenters. The number of aromatic nitrogens is 15. The van der Waals surface area contributed by atoms with Crippen molar-refractivity contribution in [2.75, 3.05) is 14.2 Å². The second kappa shape index (κ2) is 35.8. The van der Waals surface area contributed by atoms with E-state index in [9.17, 15) is 0 Å². The molecule has 27 rings (SSSR count). The number of methoxy groups -OCH3 is 2. The molecule has 18 aromatic carbocycles. The van der Waals surface area contributed by atoms with Crippen LogP contribution in [-0.2, 0) is 19.3 Å². The summed E-state index contributed by atoms with van der Waals surface area (Å²) in [6.45, 7) is 6.54. The summed E-state index contributed by atoms with van der Waals surface area (Å²) in [5, 5.41) is 14.0. The van der Waals surface area contributed by atoms with Gasteiger partial charge >= 0.3 is 0 Å². The van der Waals surface area contributed by atoms with E-state index >= 15 is 0 Å². The lowest BCUT2D eigenvalue weighted by Crippen LogP contribution is -2.06. The zero-order valence-electron chi connectivity index (χ0n) is 78.6. The molecule has 17 heteroatoms. The van der Waals surface area contributed by atoms with Crippen LogP contribution in [0, 0.1) is 0 Å². The van der Waals surface area contributed by atoms with E-state index in [1.165, 1.54) is 65.7 Å². The van der Waals surface area contributed by atoms with Crippen LogP contribution in [-0.4, -0.2) is 86.5 Å². The molecule has 0 bridgehead atoms. The standard InChI is InChI=1S/C43H33N5.C41H29N5O2.C41H29N5/c1-3-28-18-22-30(23-19-28)41-44-42(31-24-20-29(4-2)21-25-31)46-43(45-41)48-38-17-11-9-15-34(38)36-26-39-35(27-40(36)48)33-14-8-10-16-37(33)47(39)32-12-6-5-7-13-32;1-47-29-20-16-26(17-21-29)39-42-40(27-18-22-30(48-2)23-19-27)44-41(43-39)46-36-15-9-7-13-32(36)34-24-37-33(25-38(34)46)31-12-6-8-14-35(31)45(37)28-10-4-3-5-11-28;1-2-27-21-23-30(24-22-27)45-35-19-11-9-17-31(35)33-26-38-34(25-37(33)45)32-18-10-12-20-36(32)46(38)41-43-39(28-13-5-3-6-14-28)42-40(44-41)29-15-7-4-8-16-29/h5-27H,3-4H2,1-2H3;3-25H,1-2H3;3-26H,2H2,1H3. The highest BCUT2D eigenvalue weighted by Gasteiger charge is 2.28. The number of rotatable bonds is 17. The second-order valence-corrected chi connectivity index (χ2v) is 35.6. The summed E-state index contributed by atoms with van der Waals surface area (Å²) in [6.07, 6.45) is 2.98. The smallest absolute Gasteiger partial charge is 0.238 e. The lowest BCUT2D eigenvalue weighted by molar-refractivity contribution is 0.415. The molecule has 9 heterocycles. The fourth-order valence-corrected chi connectivity index (χ4v) is 20.4. The van der Waals surface area contributed by atoms with E-state index in [1.54, 1.807) is 14.2 Å². The van der Waals surface area contributed by atoms with Gasteiger partial charge in [-0.1, -0.05) is 288 Å². The summed E-state index contributed by atoms with van der Waals surface area (Å²) in [4.78, 5) is 45.8. The third-order valence-electron chi connectivity index (χ3n) is 27.5. The maximum atomic E-state index is 5.42. The van der Waals surface area contributed by atoms with Gasteiger partial charge in [-0.25, -0.2) is 15.0 Å². The van der Waals surface area contributed by atoms with Crippen LogP contribution < -0.4 is 9.47 Å². The van der Waals surface area contributed by atoms with Gasteiger partial charge in [-0.15, -0.1) is 0 Å². The van der Waals surface area contributed by atoms with Crippen molar-refractivity contribution in [2.45, 2.75) is 40.0 Å². The van der Waals surface area contributed by atoms with Gasteiger partial charge in [0.2, 0.25) is 17.8 Å². The van der Waals surface area contributed by atoms with Gasteiger partial charge in [0.25, 0.3) is 0 Å². The second-order valence-electron chi connectivity index (χ2n) is 35.6. The monoisotopic (exact) mass is 1830 g/mol. The number of para-hydroxylation sites is 8. The van der Waals surface area contributed by atoms with Crippen LogP contribution in [0.3, 0.4) is 0 Å². The van der Waals surface area contributed by atoms with Gasteiger partial charge in [0, 0.05) is 115 Å². The molecule has 0 saturated heterocycles. The largest absolute Gasteiger partial charge is 0.497 e. The van der Waals surface area contributed by atoms with E-state index in [2.05, 4.69) is 364 Å². The van der Waals surface area contributed by atoms with Crippen LogP contribution in [0.5, 0.6) is 11.5 Å². The van der Waals surface area contributed by atoms with Crippen LogP contribution in [0.1, 0.15) is 37.5 Å². The van der Waals surface area contributed by atoms with Crippen LogP contribution in [0.4, 0.5) is 0 Å². The van der Waals surface area contributed by atoms with Crippen LogP contribution >= 0.6 is 0 Å². The molecule has 27 aromatic rings. The molecule has 0 spiro atoms. The van der Waals surface area contributed by atoms with E-state index in [0.29, 0.717) is 52.8 Å². The molecule has 142 heavy (non-hydrogen) atoms. The van der Waals surface area contributed by atoms with Gasteiger partial charge in [0.15, 0.2) is 34.9 Å². The first-order chi connectivity index (χ1) is 70.2. The summed E-state index contributed by atoms with van der Waals surface area (Å²) >= 11 is 0. The zero-order valence-corrected chi connectivity index (χ0v) is 78.6. The average molecular weight is 1840 g/mol. The van der Waals surface area contributed by atoms with Gasteiger partial charge in [-0.3, -0.25) is 13.7 Å². The normalized spacial score (nSPS) is 11.6. The minimum Gasteiger partial charge on any atom is -0.497 e. The molecule has 17 nitrogen and oxygen atoms in total. The Labute approximate surface area is 817 Å². The van der Waals surface area contributed by atoms with Crippen molar-refractivity contribution < 1.29 is 9.47 Å². The molecule has 0 aliphatic heterocycles. The van der Waals surface area contributed by atoms with Crippen molar-refractivity contribution >= 4 is 131 Å². The Morgan fingerprint density at radius 2 is 0.359 bits per heavy atom. The molecule has 0 fully saturated rings. The van der Waals surface area contributed by atoms with Gasteiger partial charge < -0.3 is 23.2 Å². The van der Waals surface area contributed by atoms with Crippen molar-refractivity contribution in [3.63, 3.8) is 0 Å². The predicted octanol–water partition coefficient (Wildman–Crippen LogP) is 29.9. The van der Waals surface area contributed by atoms with Crippen LogP contribution in [0.2, 0.25) is 0 Å². The van der Waals surface area contributed by atoms with Gasteiger partial charge in [0.1, 0.15) is 11.5 Å². The Bertz CT molecular complexity index is 8970. The third-order valence-corrected chi connectivity index (χ3v) is 27.5. The quantitative estimate of drug-likeness (QED) is 0.0852. The molecule has 678 valence electrons. The Kier molecular flexibility index (Phi) is 21.5. The summed E-state index contributed by atoms with van der Waals surface area (Å²) in [7, 11) is 3.32. The topological polar surface area (TPSA) is 164 Å². The first-order valence-corrected chi connectivity index (χ1v) is 48.1. The SMILES string of the molecule is CCc1ccc(-c2nc(-c3ccc(CC)cc3)nc(-n3c4ccccc4c4cc5c(cc43)c3ccccc3n5-c3ccccc3)n2)cc1.CCc1ccc(-n2c3ccccc3c3cc4c(cc32)c2ccccc2n4-c2nc(-c3ccccc3)nc(-c3ccccc3)n2)cc1.COc1ccc(-c2nc(-c3ccc(OC)cc3)nc(-n3c4ccccc4c4cc5c(cc43)c3ccccc3n5-c3ccccc3)n2)cc1. The van der Waals surface area contributed by atoms with E-state index in [1.807, 2.05) is 109 Å². The van der Waals surface area contributed by atoms with E-state index in [4.69, 9.17) is 54.3 Å². The maximum Gasteiger partial charge on any atom is 0.238 e. The van der Waals surface area contributed by atoms with Gasteiger partial charge in [-0.2, -0.15) is 29.9 Å². The molecule has 9 aromatic heterocycles. The number of benzene rings is 18. The predicted molar refractivity (Wildman–Crippen MR) is 579 cm³/mol. The average Bonchev–Trinajstić information content (AvgIpc) is 1.56. The Morgan fingerprint density at radius 3 is 0.599 bits per heavy atom. The summed E-state index contributed by atoms with van der Waals surface area (Å²) in [6, 6.07) is 148.